The van der Waals surface area contributed by atoms with E-state index in [0.29, 0.717) is 11.5 Å². The molecule has 0 aliphatic carbocycles. The number of thiophene rings is 1. The van der Waals surface area contributed by atoms with Gasteiger partial charge in [-0.05, 0) is 63.2 Å². The van der Waals surface area contributed by atoms with Crippen molar-refractivity contribution in [3.8, 4) is 0 Å². The van der Waals surface area contributed by atoms with E-state index in [-0.39, 0.29) is 6.04 Å². The molecule has 2 rings (SSSR count). The second-order valence-corrected chi connectivity index (χ2v) is 8.34. The van der Waals surface area contributed by atoms with Gasteiger partial charge in [-0.3, -0.25) is 4.90 Å². The number of rotatable bonds is 4. The van der Waals surface area contributed by atoms with Crippen LogP contribution in [0.5, 0.6) is 0 Å². The molecule has 0 aromatic carbocycles. The van der Waals surface area contributed by atoms with E-state index < -0.39 is 0 Å². The lowest BCUT2D eigenvalue weighted by atomic mass is 9.85. The molecule has 20 heavy (non-hydrogen) atoms. The SMILES string of the molecule is CCC(N)C(c1ccc(C)s1)N1CCCC(C)(C)CC1. The smallest absolute Gasteiger partial charge is 0.0593 e. The summed E-state index contributed by atoms with van der Waals surface area (Å²) in [5.74, 6) is 0. The average Bonchev–Trinajstić information content (AvgIpc) is 2.73. The molecule has 0 radical (unpaired) electrons. The summed E-state index contributed by atoms with van der Waals surface area (Å²) in [7, 11) is 0. The minimum absolute atomic E-state index is 0.245. The van der Waals surface area contributed by atoms with E-state index in [2.05, 4.69) is 44.7 Å². The number of hydrogen-bond acceptors (Lipinski definition) is 3. The Hall–Kier alpha value is -0.380. The van der Waals surface area contributed by atoms with E-state index in [4.69, 9.17) is 5.73 Å². The first kappa shape index (κ1) is 16.0. The fourth-order valence-electron chi connectivity index (χ4n) is 3.22. The Morgan fingerprint density at radius 2 is 2.05 bits per heavy atom. The highest BCUT2D eigenvalue weighted by molar-refractivity contribution is 7.12. The van der Waals surface area contributed by atoms with Crippen LogP contribution >= 0.6 is 11.3 Å². The summed E-state index contributed by atoms with van der Waals surface area (Å²) < 4.78 is 0. The molecule has 2 unspecified atom stereocenters. The average molecular weight is 295 g/mol. The molecule has 1 fully saturated rings. The number of aryl methyl sites for hydroxylation is 1. The van der Waals surface area contributed by atoms with Crippen LogP contribution in [0.3, 0.4) is 0 Å². The van der Waals surface area contributed by atoms with Gasteiger partial charge in [0.05, 0.1) is 6.04 Å². The number of likely N-dealkylation sites (tertiary alicyclic amines) is 1. The Labute approximate surface area is 128 Å². The normalized spacial score (nSPS) is 23.2. The van der Waals surface area contributed by atoms with Gasteiger partial charge in [-0.15, -0.1) is 11.3 Å². The highest BCUT2D eigenvalue weighted by Gasteiger charge is 2.31. The van der Waals surface area contributed by atoms with Crippen LogP contribution in [0, 0.1) is 12.3 Å². The van der Waals surface area contributed by atoms with Crippen molar-refractivity contribution >= 4 is 11.3 Å². The summed E-state index contributed by atoms with van der Waals surface area (Å²) in [5, 5.41) is 0. The summed E-state index contributed by atoms with van der Waals surface area (Å²) in [6.07, 6.45) is 4.96. The van der Waals surface area contributed by atoms with Gasteiger partial charge in [0.1, 0.15) is 0 Å². The topological polar surface area (TPSA) is 29.3 Å². The van der Waals surface area contributed by atoms with Crippen molar-refractivity contribution in [2.45, 2.75) is 65.5 Å². The maximum absolute atomic E-state index is 6.47. The summed E-state index contributed by atoms with van der Waals surface area (Å²) in [4.78, 5) is 5.49. The first-order valence-corrected chi connectivity index (χ1v) is 8.80. The summed E-state index contributed by atoms with van der Waals surface area (Å²) in [6.45, 7) is 11.6. The van der Waals surface area contributed by atoms with Crippen molar-refractivity contribution in [1.82, 2.24) is 4.90 Å². The van der Waals surface area contributed by atoms with Crippen LogP contribution in [0.15, 0.2) is 12.1 Å². The molecule has 1 aromatic heterocycles. The Kier molecular flexibility index (Phi) is 5.27. The van der Waals surface area contributed by atoms with Crippen molar-refractivity contribution in [1.29, 1.82) is 0 Å². The van der Waals surface area contributed by atoms with Crippen LogP contribution in [0.2, 0.25) is 0 Å². The number of hydrogen-bond donors (Lipinski definition) is 1. The van der Waals surface area contributed by atoms with E-state index in [1.165, 1.54) is 42.1 Å². The van der Waals surface area contributed by atoms with Crippen molar-refractivity contribution in [2.24, 2.45) is 11.1 Å². The molecule has 1 saturated heterocycles. The van der Waals surface area contributed by atoms with Gasteiger partial charge in [0, 0.05) is 15.8 Å². The second-order valence-electron chi connectivity index (χ2n) is 7.02. The van der Waals surface area contributed by atoms with Gasteiger partial charge in [0.2, 0.25) is 0 Å². The van der Waals surface area contributed by atoms with E-state index in [1.54, 1.807) is 0 Å². The molecular formula is C17H30N2S. The molecule has 1 aliphatic rings. The number of nitrogens with two attached hydrogens (primary N) is 1. The minimum Gasteiger partial charge on any atom is -0.326 e. The molecule has 0 amide bonds. The van der Waals surface area contributed by atoms with Crippen LogP contribution in [0.1, 0.15) is 62.3 Å². The summed E-state index contributed by atoms with van der Waals surface area (Å²) >= 11 is 1.92. The van der Waals surface area contributed by atoms with Gasteiger partial charge >= 0.3 is 0 Å². The largest absolute Gasteiger partial charge is 0.326 e. The third kappa shape index (κ3) is 3.84. The van der Waals surface area contributed by atoms with E-state index in [1.807, 2.05) is 11.3 Å². The van der Waals surface area contributed by atoms with Gasteiger partial charge in [0.15, 0.2) is 0 Å². The Morgan fingerprint density at radius 3 is 2.65 bits per heavy atom. The van der Waals surface area contributed by atoms with Crippen LogP contribution in [0.4, 0.5) is 0 Å². The van der Waals surface area contributed by atoms with Gasteiger partial charge in [-0.25, -0.2) is 0 Å². The van der Waals surface area contributed by atoms with Crippen LogP contribution in [0.25, 0.3) is 0 Å². The quantitative estimate of drug-likeness (QED) is 0.894. The van der Waals surface area contributed by atoms with Crippen molar-refractivity contribution in [3.63, 3.8) is 0 Å². The lowest BCUT2D eigenvalue weighted by Crippen LogP contribution is -2.41. The van der Waals surface area contributed by atoms with Crippen LogP contribution in [-0.2, 0) is 0 Å². The Balaban J connectivity index is 2.18. The zero-order valence-corrected chi connectivity index (χ0v) is 14.3. The maximum Gasteiger partial charge on any atom is 0.0593 e. The third-order valence-electron chi connectivity index (χ3n) is 4.70. The fourth-order valence-corrected chi connectivity index (χ4v) is 4.31. The molecule has 114 valence electrons. The van der Waals surface area contributed by atoms with Crippen LogP contribution < -0.4 is 5.73 Å². The monoisotopic (exact) mass is 294 g/mol. The molecule has 1 aromatic rings. The molecule has 0 saturated carbocycles. The molecule has 2 heterocycles. The summed E-state index contributed by atoms with van der Waals surface area (Å²) in [6, 6.07) is 5.18. The van der Waals surface area contributed by atoms with E-state index in [9.17, 15) is 0 Å². The Bertz CT molecular complexity index is 424. The molecular weight excluding hydrogens is 264 g/mol. The molecule has 2 N–H and O–H groups in total. The predicted molar refractivity (Wildman–Crippen MR) is 89.3 cm³/mol. The molecule has 0 spiro atoms. The van der Waals surface area contributed by atoms with Crippen molar-refractivity contribution in [2.75, 3.05) is 13.1 Å². The minimum atomic E-state index is 0.245. The number of nitrogens with zero attached hydrogens (tertiary/aromatic N) is 1. The van der Waals surface area contributed by atoms with E-state index >= 15 is 0 Å². The van der Waals surface area contributed by atoms with Gasteiger partial charge in [0.25, 0.3) is 0 Å². The molecule has 2 nitrogen and oxygen atoms in total. The van der Waals surface area contributed by atoms with Crippen molar-refractivity contribution < 1.29 is 0 Å². The zero-order valence-electron chi connectivity index (χ0n) is 13.5. The van der Waals surface area contributed by atoms with Crippen molar-refractivity contribution in [3.05, 3.63) is 21.9 Å². The highest BCUT2D eigenvalue weighted by atomic mass is 32.1. The lowest BCUT2D eigenvalue weighted by Gasteiger charge is -2.34. The van der Waals surface area contributed by atoms with Gasteiger partial charge in [-0.1, -0.05) is 20.8 Å². The lowest BCUT2D eigenvalue weighted by molar-refractivity contribution is 0.171. The standard InChI is InChI=1S/C17H30N2S/c1-5-14(18)16(15-8-7-13(2)20-15)19-11-6-9-17(3,4)10-12-19/h7-8,14,16H,5-6,9-12,18H2,1-4H3. The van der Waals surface area contributed by atoms with Crippen LogP contribution in [-0.4, -0.2) is 24.0 Å². The van der Waals surface area contributed by atoms with E-state index in [0.717, 1.165) is 6.42 Å². The second kappa shape index (κ2) is 6.59. The molecule has 3 heteroatoms. The van der Waals surface area contributed by atoms with Gasteiger partial charge in [-0.2, -0.15) is 0 Å². The highest BCUT2D eigenvalue weighted by Crippen LogP contribution is 2.36. The first-order valence-electron chi connectivity index (χ1n) is 7.99. The fraction of sp³-hybridized carbons (Fsp3) is 0.765. The summed E-state index contributed by atoms with van der Waals surface area (Å²) in [5.41, 5.74) is 6.96. The first-order chi connectivity index (χ1) is 9.43. The predicted octanol–water partition coefficient (Wildman–Crippen LogP) is 4.35. The third-order valence-corrected chi connectivity index (χ3v) is 5.77. The molecule has 2 atom stereocenters. The van der Waals surface area contributed by atoms with Gasteiger partial charge < -0.3 is 5.73 Å². The molecule has 1 aliphatic heterocycles. The molecule has 0 bridgehead atoms. The maximum atomic E-state index is 6.47. The Morgan fingerprint density at radius 1 is 1.30 bits per heavy atom. The zero-order chi connectivity index (χ0) is 14.8.